The number of nitrogens with zero attached hydrogens (tertiary/aromatic N) is 2. The molecule has 1 unspecified atom stereocenters. The van der Waals surface area contributed by atoms with Crippen LogP contribution in [-0.2, 0) is 18.6 Å². The van der Waals surface area contributed by atoms with Crippen LogP contribution >= 0.6 is 0 Å². The maximum absolute atomic E-state index is 10.9. The Labute approximate surface area is 114 Å². The number of aryl methyl sites for hydroxylation is 1. The first-order valence-corrected chi connectivity index (χ1v) is 6.97. The second kappa shape index (κ2) is 6.02. The predicted molar refractivity (Wildman–Crippen MR) is 76.9 cm³/mol. The third-order valence-corrected chi connectivity index (χ3v) is 3.61. The van der Waals surface area contributed by atoms with E-state index in [1.165, 1.54) is 0 Å². The zero-order chi connectivity index (χ0) is 13.7. The zero-order valence-corrected chi connectivity index (χ0v) is 11.7. The van der Waals surface area contributed by atoms with E-state index in [1.807, 2.05) is 49.6 Å². The summed E-state index contributed by atoms with van der Waals surface area (Å²) >= 11 is 0. The summed E-state index contributed by atoms with van der Waals surface area (Å²) in [7, 11) is 0. The van der Waals surface area contributed by atoms with Crippen molar-refractivity contribution in [2.24, 2.45) is 0 Å². The Kier molecular flexibility index (Phi) is 4.38. The molecule has 2 aromatic rings. The van der Waals surface area contributed by atoms with E-state index >= 15 is 0 Å². The topological polar surface area (TPSA) is 38.0 Å². The average molecular weight is 258 g/mol. The zero-order valence-electron chi connectivity index (χ0n) is 11.7. The Morgan fingerprint density at radius 1 is 1.21 bits per heavy atom. The van der Waals surface area contributed by atoms with Gasteiger partial charge >= 0.3 is 0 Å². The minimum atomic E-state index is -0.835. The van der Waals surface area contributed by atoms with Crippen molar-refractivity contribution >= 4 is 0 Å². The van der Waals surface area contributed by atoms with E-state index in [2.05, 4.69) is 16.5 Å². The van der Waals surface area contributed by atoms with Crippen LogP contribution in [0, 0.1) is 0 Å². The lowest BCUT2D eigenvalue weighted by Crippen LogP contribution is -2.29. The number of aromatic nitrogens is 2. The standard InChI is InChI=1S/C16H22N2O/c1-3-11-18-12-10-17-15(18)13-16(19,4-2)14-8-6-5-7-9-14/h5-10,12,19H,3-4,11,13H2,1-2H3. The summed E-state index contributed by atoms with van der Waals surface area (Å²) in [5, 5.41) is 10.9. The van der Waals surface area contributed by atoms with Gasteiger partial charge in [-0.05, 0) is 18.4 Å². The molecule has 102 valence electrons. The lowest BCUT2D eigenvalue weighted by Gasteiger charge is -2.27. The molecule has 3 nitrogen and oxygen atoms in total. The van der Waals surface area contributed by atoms with E-state index in [0.29, 0.717) is 12.8 Å². The maximum Gasteiger partial charge on any atom is 0.111 e. The van der Waals surface area contributed by atoms with Crippen molar-refractivity contribution in [3.8, 4) is 0 Å². The number of benzene rings is 1. The molecule has 0 radical (unpaired) electrons. The van der Waals surface area contributed by atoms with E-state index in [1.54, 1.807) is 0 Å². The van der Waals surface area contributed by atoms with Crippen molar-refractivity contribution in [2.45, 2.75) is 45.3 Å². The molecule has 0 aliphatic heterocycles. The molecule has 0 aliphatic rings. The van der Waals surface area contributed by atoms with Crippen molar-refractivity contribution in [2.75, 3.05) is 0 Å². The smallest absolute Gasteiger partial charge is 0.111 e. The second-order valence-corrected chi connectivity index (χ2v) is 4.96. The summed E-state index contributed by atoms with van der Waals surface area (Å²) in [6.07, 6.45) is 6.10. The van der Waals surface area contributed by atoms with Crippen LogP contribution in [0.2, 0.25) is 0 Å². The van der Waals surface area contributed by atoms with Gasteiger partial charge in [-0.25, -0.2) is 4.98 Å². The van der Waals surface area contributed by atoms with Crippen molar-refractivity contribution < 1.29 is 5.11 Å². The van der Waals surface area contributed by atoms with Gasteiger partial charge < -0.3 is 9.67 Å². The van der Waals surface area contributed by atoms with E-state index in [9.17, 15) is 5.11 Å². The Balaban J connectivity index is 2.25. The lowest BCUT2D eigenvalue weighted by atomic mass is 9.87. The van der Waals surface area contributed by atoms with Crippen LogP contribution in [0.4, 0.5) is 0 Å². The number of imidazole rings is 1. The molecular formula is C16H22N2O. The van der Waals surface area contributed by atoms with Gasteiger partial charge in [0.05, 0.1) is 5.60 Å². The molecule has 3 heteroatoms. The van der Waals surface area contributed by atoms with Gasteiger partial charge in [0.25, 0.3) is 0 Å². The maximum atomic E-state index is 10.9. The van der Waals surface area contributed by atoms with E-state index in [-0.39, 0.29) is 0 Å². The van der Waals surface area contributed by atoms with Gasteiger partial charge in [-0.3, -0.25) is 0 Å². The summed E-state index contributed by atoms with van der Waals surface area (Å²) in [5.41, 5.74) is 0.126. The van der Waals surface area contributed by atoms with E-state index in [4.69, 9.17) is 0 Å². The van der Waals surface area contributed by atoms with Crippen LogP contribution in [0.3, 0.4) is 0 Å². The largest absolute Gasteiger partial charge is 0.385 e. The molecule has 1 aromatic heterocycles. The van der Waals surface area contributed by atoms with Crippen LogP contribution in [-0.4, -0.2) is 14.7 Å². The van der Waals surface area contributed by atoms with Gasteiger partial charge in [-0.15, -0.1) is 0 Å². The fourth-order valence-electron chi connectivity index (χ4n) is 2.39. The Hall–Kier alpha value is -1.61. The highest BCUT2D eigenvalue weighted by molar-refractivity contribution is 5.23. The average Bonchev–Trinajstić information content (AvgIpc) is 2.87. The van der Waals surface area contributed by atoms with Crippen molar-refractivity contribution in [3.63, 3.8) is 0 Å². The normalized spacial score (nSPS) is 14.3. The molecule has 1 heterocycles. The summed E-state index contributed by atoms with van der Waals surface area (Å²) in [6.45, 7) is 5.11. The lowest BCUT2D eigenvalue weighted by molar-refractivity contribution is 0.0298. The van der Waals surface area contributed by atoms with Crippen LogP contribution < -0.4 is 0 Å². The molecule has 19 heavy (non-hydrogen) atoms. The fraction of sp³-hybridized carbons (Fsp3) is 0.438. The highest BCUT2D eigenvalue weighted by Gasteiger charge is 2.29. The first-order chi connectivity index (χ1) is 9.19. The SMILES string of the molecule is CCCn1ccnc1CC(O)(CC)c1ccccc1. The number of hydrogen-bond acceptors (Lipinski definition) is 2. The monoisotopic (exact) mass is 258 g/mol. The summed E-state index contributed by atoms with van der Waals surface area (Å²) < 4.78 is 2.13. The Bertz CT molecular complexity index is 506. The summed E-state index contributed by atoms with van der Waals surface area (Å²) in [6, 6.07) is 9.87. The first-order valence-electron chi connectivity index (χ1n) is 6.97. The van der Waals surface area contributed by atoms with E-state index < -0.39 is 5.60 Å². The van der Waals surface area contributed by atoms with Gasteiger partial charge in [-0.2, -0.15) is 0 Å². The number of aliphatic hydroxyl groups is 1. The van der Waals surface area contributed by atoms with Gasteiger partial charge in [0.2, 0.25) is 0 Å². The molecule has 0 amide bonds. The molecule has 0 saturated carbocycles. The molecule has 0 bridgehead atoms. The van der Waals surface area contributed by atoms with Crippen molar-refractivity contribution in [3.05, 3.63) is 54.1 Å². The van der Waals surface area contributed by atoms with Crippen LogP contribution in [0.1, 0.15) is 38.1 Å². The van der Waals surface area contributed by atoms with Crippen molar-refractivity contribution in [1.29, 1.82) is 0 Å². The highest BCUT2D eigenvalue weighted by atomic mass is 16.3. The van der Waals surface area contributed by atoms with Gasteiger partial charge in [0.1, 0.15) is 5.82 Å². The fourth-order valence-corrected chi connectivity index (χ4v) is 2.39. The molecule has 1 aromatic carbocycles. The minimum Gasteiger partial charge on any atom is -0.385 e. The summed E-state index contributed by atoms with van der Waals surface area (Å²) in [5.74, 6) is 0.954. The molecular weight excluding hydrogens is 236 g/mol. The number of rotatable bonds is 6. The van der Waals surface area contributed by atoms with Gasteiger partial charge in [0, 0.05) is 25.4 Å². The molecule has 0 saturated heterocycles. The third kappa shape index (κ3) is 3.04. The van der Waals surface area contributed by atoms with E-state index in [0.717, 1.165) is 24.4 Å². The molecule has 1 atom stereocenters. The molecule has 0 spiro atoms. The van der Waals surface area contributed by atoms with Gasteiger partial charge in [-0.1, -0.05) is 44.2 Å². The third-order valence-electron chi connectivity index (χ3n) is 3.61. The minimum absolute atomic E-state index is 0.556. The molecule has 0 fully saturated rings. The quantitative estimate of drug-likeness (QED) is 0.864. The van der Waals surface area contributed by atoms with Crippen molar-refractivity contribution in [1.82, 2.24) is 9.55 Å². The molecule has 1 N–H and O–H groups in total. The number of hydrogen-bond donors (Lipinski definition) is 1. The Morgan fingerprint density at radius 3 is 2.58 bits per heavy atom. The molecule has 0 aliphatic carbocycles. The summed E-state index contributed by atoms with van der Waals surface area (Å²) in [4.78, 5) is 4.40. The molecule has 2 rings (SSSR count). The Morgan fingerprint density at radius 2 is 1.95 bits per heavy atom. The van der Waals surface area contributed by atoms with Crippen LogP contribution in [0.25, 0.3) is 0 Å². The second-order valence-electron chi connectivity index (χ2n) is 4.96. The predicted octanol–water partition coefficient (Wildman–Crippen LogP) is 3.13. The van der Waals surface area contributed by atoms with Crippen LogP contribution in [0.5, 0.6) is 0 Å². The van der Waals surface area contributed by atoms with Crippen LogP contribution in [0.15, 0.2) is 42.7 Å². The van der Waals surface area contributed by atoms with Gasteiger partial charge in [0.15, 0.2) is 0 Å². The highest BCUT2D eigenvalue weighted by Crippen LogP contribution is 2.28. The first kappa shape index (κ1) is 13.8.